The maximum absolute atomic E-state index is 14.3. The van der Waals surface area contributed by atoms with E-state index >= 15 is 0 Å². The van der Waals surface area contributed by atoms with Crippen LogP contribution in [0.4, 0.5) is 17.6 Å². The van der Waals surface area contributed by atoms with Gasteiger partial charge in [0.1, 0.15) is 0 Å². The van der Waals surface area contributed by atoms with Crippen LogP contribution in [0.15, 0.2) is 42.5 Å². The number of ether oxygens (including phenoxy) is 2. The fourth-order valence-corrected chi connectivity index (χ4v) is 3.61. The summed E-state index contributed by atoms with van der Waals surface area (Å²) in [7, 11) is 1.04. The number of hydrogen-bond donors (Lipinski definition) is 0. The van der Waals surface area contributed by atoms with Gasteiger partial charge >= 0.3 is 5.97 Å². The number of hydrogen-bond acceptors (Lipinski definition) is 4. The van der Waals surface area contributed by atoms with Crippen LogP contribution in [0, 0.1) is 23.5 Å². The average molecular weight is 424 g/mol. The molecule has 0 amide bonds. The molecule has 1 aliphatic rings. The van der Waals surface area contributed by atoms with Crippen molar-refractivity contribution in [1.82, 2.24) is 4.98 Å². The first-order valence-electron chi connectivity index (χ1n) is 8.18. The number of carbonyl (C=O) groups excluding carboxylic acids is 1. The normalized spacial score (nSPS) is 16.9. The van der Waals surface area contributed by atoms with Crippen LogP contribution in [0.3, 0.4) is 0 Å². The van der Waals surface area contributed by atoms with Gasteiger partial charge in [-0.25, -0.2) is 4.79 Å². The van der Waals surface area contributed by atoms with Gasteiger partial charge in [0.2, 0.25) is 17.4 Å². The third-order valence-corrected chi connectivity index (χ3v) is 4.88. The fraction of sp³-hybridized carbons (Fsp3) is 0.100. The van der Waals surface area contributed by atoms with Gasteiger partial charge in [-0.15, -0.1) is 0 Å². The van der Waals surface area contributed by atoms with Gasteiger partial charge < -0.3 is 9.47 Å². The Morgan fingerprint density at radius 3 is 2.24 bits per heavy atom. The highest BCUT2D eigenvalue weighted by molar-refractivity contribution is 6.30. The number of rotatable bonds is 3. The molecule has 9 heteroatoms. The highest BCUT2D eigenvalue weighted by Crippen LogP contribution is 2.51. The molecule has 29 heavy (non-hydrogen) atoms. The first kappa shape index (κ1) is 19.2. The van der Waals surface area contributed by atoms with Crippen molar-refractivity contribution in [3.63, 3.8) is 0 Å². The van der Waals surface area contributed by atoms with E-state index in [1.807, 2.05) is 0 Å². The minimum Gasteiger partial charge on any atom is -0.466 e. The number of carbonyl (C=O) groups is 1. The van der Waals surface area contributed by atoms with Gasteiger partial charge in [-0.2, -0.15) is 22.5 Å². The van der Waals surface area contributed by atoms with Crippen molar-refractivity contribution >= 4 is 17.6 Å². The zero-order chi connectivity index (χ0) is 20.9. The van der Waals surface area contributed by atoms with Crippen LogP contribution in [0.5, 0.6) is 5.75 Å². The lowest BCUT2D eigenvalue weighted by Crippen LogP contribution is -2.42. The molecule has 4 nitrogen and oxygen atoms in total. The zero-order valence-electron chi connectivity index (χ0n) is 14.6. The van der Waals surface area contributed by atoms with Crippen LogP contribution in [0.25, 0.3) is 11.1 Å². The molecule has 4 rings (SSSR count). The lowest BCUT2D eigenvalue weighted by atomic mass is 9.91. The molecule has 0 saturated heterocycles. The van der Waals surface area contributed by atoms with Crippen molar-refractivity contribution in [1.29, 1.82) is 0 Å². The monoisotopic (exact) mass is 423 g/mol. The molecule has 1 aromatic heterocycles. The molecule has 3 aromatic rings. The van der Waals surface area contributed by atoms with Crippen molar-refractivity contribution in [3.05, 3.63) is 82.1 Å². The number of esters is 1. The Labute approximate surface area is 166 Å². The first-order chi connectivity index (χ1) is 13.8. The van der Waals surface area contributed by atoms with Gasteiger partial charge in [-0.3, -0.25) is 0 Å². The van der Waals surface area contributed by atoms with Gasteiger partial charge in [0.25, 0.3) is 17.5 Å². The molecule has 0 aliphatic heterocycles. The lowest BCUT2D eigenvalue weighted by Gasteiger charge is -2.30. The fourth-order valence-electron chi connectivity index (χ4n) is 3.44. The number of nitrogens with zero attached hydrogens (tertiary/aromatic N) is 1. The molecular weight excluding hydrogens is 414 g/mol. The number of fused-ring (bicyclic) bond motifs is 3. The highest BCUT2D eigenvalue weighted by atomic mass is 35.5. The molecule has 1 aliphatic carbocycles. The van der Waals surface area contributed by atoms with E-state index in [9.17, 15) is 22.4 Å². The summed E-state index contributed by atoms with van der Waals surface area (Å²) in [6, 6.07) is 10.9. The van der Waals surface area contributed by atoms with Gasteiger partial charge in [-0.1, -0.05) is 41.9 Å². The van der Waals surface area contributed by atoms with Crippen LogP contribution in [-0.4, -0.2) is 18.1 Å². The second-order valence-corrected chi connectivity index (χ2v) is 6.60. The molecule has 1 atom stereocenters. The van der Waals surface area contributed by atoms with Gasteiger partial charge in [0.05, 0.1) is 7.11 Å². The molecule has 0 N–H and O–H groups in total. The average Bonchev–Trinajstić information content (AvgIpc) is 2.99. The predicted octanol–water partition coefficient (Wildman–Crippen LogP) is 4.77. The molecule has 1 heterocycles. The molecule has 0 bridgehead atoms. The lowest BCUT2D eigenvalue weighted by molar-refractivity contribution is -0.156. The summed E-state index contributed by atoms with van der Waals surface area (Å²) in [5, 5.41) is 0.196. The standard InChI is InChI=1S/C20H10ClF4NO3/c1-28-19(27)20(29-16-14(22)17(24)26-18(25)15(16)23)12-5-3-2-4-10(12)11-7-6-9(21)8-13(11)20/h2-8H,1H3. The Morgan fingerprint density at radius 1 is 0.966 bits per heavy atom. The smallest absolute Gasteiger partial charge is 0.359 e. The summed E-state index contributed by atoms with van der Waals surface area (Å²) in [5.74, 6) is -10.1. The van der Waals surface area contributed by atoms with Crippen molar-refractivity contribution in [2.24, 2.45) is 0 Å². The summed E-state index contributed by atoms with van der Waals surface area (Å²) < 4.78 is 66.2. The number of benzene rings is 2. The molecule has 0 radical (unpaired) electrons. The Hall–Kier alpha value is -3.13. The van der Waals surface area contributed by atoms with Gasteiger partial charge in [0, 0.05) is 16.1 Å². The number of aromatic nitrogens is 1. The third-order valence-electron chi connectivity index (χ3n) is 4.64. The second kappa shape index (κ2) is 6.73. The van der Waals surface area contributed by atoms with Crippen molar-refractivity contribution in [2.75, 3.05) is 7.11 Å². The van der Waals surface area contributed by atoms with Gasteiger partial charge in [-0.05, 0) is 23.3 Å². The van der Waals surface area contributed by atoms with E-state index in [4.69, 9.17) is 21.1 Å². The Morgan fingerprint density at radius 2 is 1.59 bits per heavy atom. The van der Waals surface area contributed by atoms with E-state index in [1.54, 1.807) is 30.3 Å². The van der Waals surface area contributed by atoms with E-state index in [0.29, 0.717) is 11.1 Å². The quantitative estimate of drug-likeness (QED) is 0.346. The maximum atomic E-state index is 14.3. The zero-order valence-corrected chi connectivity index (χ0v) is 15.4. The van der Waals surface area contributed by atoms with Crippen molar-refractivity contribution in [3.8, 4) is 16.9 Å². The van der Waals surface area contributed by atoms with Crippen molar-refractivity contribution < 1.29 is 31.8 Å². The number of pyridine rings is 1. The predicted molar refractivity (Wildman–Crippen MR) is 94.4 cm³/mol. The minimum absolute atomic E-state index is 0.106. The summed E-state index contributed by atoms with van der Waals surface area (Å²) in [6.07, 6.45) is 0. The van der Waals surface area contributed by atoms with Crippen LogP contribution >= 0.6 is 11.6 Å². The van der Waals surface area contributed by atoms with Crippen LogP contribution < -0.4 is 4.74 Å². The molecule has 2 aromatic carbocycles. The van der Waals surface area contributed by atoms with Gasteiger partial charge in [0.15, 0.2) is 0 Å². The summed E-state index contributed by atoms with van der Waals surface area (Å²) in [6.45, 7) is 0. The Kier molecular flexibility index (Phi) is 4.46. The van der Waals surface area contributed by atoms with E-state index in [2.05, 4.69) is 4.98 Å². The Bertz CT molecular complexity index is 1140. The molecule has 0 fully saturated rings. The number of halogens is 5. The summed E-state index contributed by atoms with van der Waals surface area (Å²) in [4.78, 5) is 15.4. The van der Waals surface area contributed by atoms with Crippen LogP contribution in [-0.2, 0) is 15.1 Å². The first-order valence-corrected chi connectivity index (χ1v) is 8.56. The van der Waals surface area contributed by atoms with E-state index in [1.165, 1.54) is 12.1 Å². The van der Waals surface area contributed by atoms with Crippen molar-refractivity contribution in [2.45, 2.75) is 5.60 Å². The van der Waals surface area contributed by atoms with E-state index < -0.39 is 40.8 Å². The largest absolute Gasteiger partial charge is 0.466 e. The molecule has 1 unspecified atom stereocenters. The highest BCUT2D eigenvalue weighted by Gasteiger charge is 2.54. The molecule has 0 saturated carbocycles. The van der Waals surface area contributed by atoms with E-state index in [-0.39, 0.29) is 16.1 Å². The van der Waals surface area contributed by atoms with Crippen LogP contribution in [0.2, 0.25) is 5.02 Å². The maximum Gasteiger partial charge on any atom is 0.359 e. The molecule has 148 valence electrons. The summed E-state index contributed by atoms with van der Waals surface area (Å²) in [5.41, 5.74) is -1.00. The molecular formula is C20H10ClF4NO3. The minimum atomic E-state index is -2.26. The number of methoxy groups -OCH3 is 1. The van der Waals surface area contributed by atoms with Crippen LogP contribution in [0.1, 0.15) is 11.1 Å². The SMILES string of the molecule is COC(=O)C1(Oc2c(F)c(F)nc(F)c2F)c2ccccc2-c2ccc(Cl)cc21. The summed E-state index contributed by atoms with van der Waals surface area (Å²) >= 11 is 6.07. The third kappa shape index (κ3) is 2.66. The molecule has 0 spiro atoms. The van der Waals surface area contributed by atoms with E-state index in [0.717, 1.165) is 7.11 Å². The topological polar surface area (TPSA) is 48.4 Å². The Balaban J connectivity index is 2.07. The second-order valence-electron chi connectivity index (χ2n) is 6.16.